The van der Waals surface area contributed by atoms with Crippen molar-refractivity contribution in [2.45, 2.75) is 78.1 Å². The van der Waals surface area contributed by atoms with Crippen LogP contribution in [0.25, 0.3) is 0 Å². The van der Waals surface area contributed by atoms with E-state index in [-0.39, 0.29) is 0 Å². The molecule has 0 aromatic rings. The molecule has 1 atom stereocenters. The Morgan fingerprint density at radius 2 is 1.22 bits per heavy atom. The van der Waals surface area contributed by atoms with E-state index in [2.05, 4.69) is 6.92 Å². The van der Waals surface area contributed by atoms with Gasteiger partial charge in [0.05, 0.1) is 13.2 Å². The van der Waals surface area contributed by atoms with Gasteiger partial charge in [0, 0.05) is 0 Å². The van der Waals surface area contributed by atoms with E-state index >= 15 is 0 Å². The van der Waals surface area contributed by atoms with E-state index in [0.29, 0.717) is 13.2 Å². The van der Waals surface area contributed by atoms with Crippen LogP contribution in [0.1, 0.15) is 78.1 Å². The third kappa shape index (κ3) is 14.4. The Kier molecular flexibility index (Phi) is 15.6. The van der Waals surface area contributed by atoms with Crippen molar-refractivity contribution >= 4 is 8.60 Å². The number of hydrogen-bond donors (Lipinski definition) is 1. The van der Waals surface area contributed by atoms with E-state index in [1.807, 2.05) is 6.92 Å². The van der Waals surface area contributed by atoms with Gasteiger partial charge in [-0.1, -0.05) is 64.7 Å². The second kappa shape index (κ2) is 15.4. The van der Waals surface area contributed by atoms with Gasteiger partial charge in [-0.15, -0.1) is 0 Å². The van der Waals surface area contributed by atoms with Gasteiger partial charge in [-0.25, -0.2) is 0 Å². The van der Waals surface area contributed by atoms with Gasteiger partial charge in [-0.05, 0) is 13.3 Å². The second-order valence-corrected chi connectivity index (χ2v) is 5.66. The van der Waals surface area contributed by atoms with Crippen LogP contribution in [0.5, 0.6) is 0 Å². The Hall–Kier alpha value is 0.310. The fourth-order valence-electron chi connectivity index (χ4n) is 1.88. The number of hydrogen-bond acceptors (Lipinski definition) is 3. The first-order chi connectivity index (χ1) is 8.81. The first-order valence-electron chi connectivity index (χ1n) is 7.56. The Balaban J connectivity index is 2.98. The van der Waals surface area contributed by atoms with Gasteiger partial charge in [-0.3, -0.25) is 0 Å². The Labute approximate surface area is 114 Å². The molecule has 0 fully saturated rings. The van der Waals surface area contributed by atoms with Crippen molar-refractivity contribution in [3.8, 4) is 0 Å². The summed E-state index contributed by atoms with van der Waals surface area (Å²) in [4.78, 5) is 9.21. The quantitative estimate of drug-likeness (QED) is 0.351. The minimum atomic E-state index is -1.62. The zero-order valence-electron chi connectivity index (χ0n) is 12.2. The molecule has 1 unspecified atom stereocenters. The molecule has 0 bridgehead atoms. The second-order valence-electron chi connectivity index (χ2n) is 4.67. The molecule has 0 rings (SSSR count). The maximum Gasteiger partial charge on any atom is 0.329 e. The lowest BCUT2D eigenvalue weighted by atomic mass is 10.1. The van der Waals surface area contributed by atoms with Gasteiger partial charge in [0.25, 0.3) is 0 Å². The molecule has 0 aliphatic heterocycles. The number of unbranched alkanes of at least 4 members (excludes halogenated alkanes) is 9. The largest absolute Gasteiger partial charge is 0.329 e. The lowest BCUT2D eigenvalue weighted by Crippen LogP contribution is -1.93. The van der Waals surface area contributed by atoms with Gasteiger partial charge < -0.3 is 13.9 Å². The van der Waals surface area contributed by atoms with Gasteiger partial charge in [0.15, 0.2) is 0 Å². The maximum atomic E-state index is 9.21. The van der Waals surface area contributed by atoms with E-state index in [4.69, 9.17) is 9.05 Å². The van der Waals surface area contributed by atoms with Crippen LogP contribution < -0.4 is 0 Å². The van der Waals surface area contributed by atoms with Crippen LogP contribution in [0.4, 0.5) is 0 Å². The third-order valence-electron chi connectivity index (χ3n) is 2.94. The number of rotatable bonds is 14. The molecule has 0 saturated heterocycles. The van der Waals surface area contributed by atoms with E-state index in [1.54, 1.807) is 0 Å². The molecule has 0 radical (unpaired) electrons. The van der Waals surface area contributed by atoms with Crippen molar-refractivity contribution in [2.75, 3.05) is 13.2 Å². The molecule has 110 valence electrons. The molecule has 1 N–H and O–H groups in total. The highest BCUT2D eigenvalue weighted by molar-refractivity contribution is 7.40. The molecule has 0 spiro atoms. The fourth-order valence-corrected chi connectivity index (χ4v) is 2.46. The Bertz CT molecular complexity index is 156. The molecule has 0 aliphatic carbocycles. The van der Waals surface area contributed by atoms with Gasteiger partial charge in [-0.2, -0.15) is 0 Å². The van der Waals surface area contributed by atoms with Crippen molar-refractivity contribution < 1.29 is 13.9 Å². The minimum Gasteiger partial charge on any atom is -0.328 e. The van der Waals surface area contributed by atoms with Crippen molar-refractivity contribution in [1.82, 2.24) is 0 Å². The molecule has 4 heteroatoms. The van der Waals surface area contributed by atoms with Crippen molar-refractivity contribution in [3.63, 3.8) is 0 Å². The van der Waals surface area contributed by atoms with Crippen LogP contribution in [-0.4, -0.2) is 18.1 Å². The zero-order chi connectivity index (χ0) is 13.5. The molecule has 0 aliphatic rings. The van der Waals surface area contributed by atoms with Crippen molar-refractivity contribution in [3.05, 3.63) is 0 Å². The summed E-state index contributed by atoms with van der Waals surface area (Å²) in [5.41, 5.74) is 0. The topological polar surface area (TPSA) is 38.7 Å². The third-order valence-corrected chi connectivity index (χ3v) is 3.82. The summed E-state index contributed by atoms with van der Waals surface area (Å²) in [5.74, 6) is 0. The fraction of sp³-hybridized carbons (Fsp3) is 1.00. The van der Waals surface area contributed by atoms with Crippen LogP contribution >= 0.6 is 8.60 Å². The maximum absolute atomic E-state index is 9.21. The highest BCUT2D eigenvalue weighted by Gasteiger charge is 2.03. The van der Waals surface area contributed by atoms with Gasteiger partial charge in [0.1, 0.15) is 0 Å². The van der Waals surface area contributed by atoms with E-state index in [0.717, 1.165) is 6.42 Å². The minimum absolute atomic E-state index is 0.514. The Morgan fingerprint density at radius 3 is 1.72 bits per heavy atom. The normalized spacial score (nSPS) is 12.8. The SMILES string of the molecule is CCCCCCCCCCCCOP(O)OCC. The molecule has 0 saturated carbocycles. The summed E-state index contributed by atoms with van der Waals surface area (Å²) < 4.78 is 10.1. The molecular formula is C14H31O3P. The molecule has 0 heterocycles. The van der Waals surface area contributed by atoms with Crippen molar-refractivity contribution in [1.29, 1.82) is 0 Å². The summed E-state index contributed by atoms with van der Waals surface area (Å²) in [6, 6.07) is 0. The molecule has 18 heavy (non-hydrogen) atoms. The zero-order valence-corrected chi connectivity index (χ0v) is 13.1. The monoisotopic (exact) mass is 278 g/mol. The predicted molar refractivity (Wildman–Crippen MR) is 78.6 cm³/mol. The summed E-state index contributed by atoms with van der Waals surface area (Å²) in [6.07, 6.45) is 13.1. The summed E-state index contributed by atoms with van der Waals surface area (Å²) in [5, 5.41) is 0. The molecule has 0 amide bonds. The summed E-state index contributed by atoms with van der Waals surface area (Å²) >= 11 is 0. The van der Waals surface area contributed by atoms with Gasteiger partial charge >= 0.3 is 8.60 Å². The van der Waals surface area contributed by atoms with E-state index < -0.39 is 8.60 Å². The Morgan fingerprint density at radius 1 is 0.722 bits per heavy atom. The van der Waals surface area contributed by atoms with Crippen LogP contribution in [0, 0.1) is 0 Å². The summed E-state index contributed by atoms with van der Waals surface area (Å²) in [6.45, 7) is 5.25. The standard InChI is InChI=1S/C14H31O3P/c1-3-5-6-7-8-9-10-11-12-13-14-17-18(15)16-4-2/h15H,3-14H2,1-2H3. The van der Waals surface area contributed by atoms with Crippen LogP contribution in [0.3, 0.4) is 0 Å². The highest BCUT2D eigenvalue weighted by Crippen LogP contribution is 2.32. The average molecular weight is 278 g/mol. The lowest BCUT2D eigenvalue weighted by Gasteiger charge is -2.08. The highest BCUT2D eigenvalue weighted by atomic mass is 31.2. The van der Waals surface area contributed by atoms with Crippen LogP contribution in [-0.2, 0) is 9.05 Å². The van der Waals surface area contributed by atoms with Crippen LogP contribution in [0.2, 0.25) is 0 Å². The first-order valence-corrected chi connectivity index (χ1v) is 8.69. The van der Waals surface area contributed by atoms with Gasteiger partial charge in [0.2, 0.25) is 0 Å². The van der Waals surface area contributed by atoms with Crippen molar-refractivity contribution in [2.24, 2.45) is 0 Å². The van der Waals surface area contributed by atoms with Crippen LogP contribution in [0.15, 0.2) is 0 Å². The first kappa shape index (κ1) is 18.3. The smallest absolute Gasteiger partial charge is 0.328 e. The molecule has 0 aromatic carbocycles. The van der Waals surface area contributed by atoms with E-state index in [1.165, 1.54) is 57.8 Å². The summed E-state index contributed by atoms with van der Waals surface area (Å²) in [7, 11) is -1.62. The molecule has 0 aromatic heterocycles. The lowest BCUT2D eigenvalue weighted by molar-refractivity contribution is 0.204. The van der Waals surface area contributed by atoms with E-state index in [9.17, 15) is 4.89 Å². The molecular weight excluding hydrogens is 247 g/mol. The predicted octanol–water partition coefficient (Wildman–Crippen LogP) is 5.18. The molecule has 3 nitrogen and oxygen atoms in total. The average Bonchev–Trinajstić information content (AvgIpc) is 2.36.